The highest BCUT2D eigenvalue weighted by Crippen LogP contribution is 2.32. The van der Waals surface area contributed by atoms with Crippen LogP contribution in [0.1, 0.15) is 36.8 Å². The van der Waals surface area contributed by atoms with Gasteiger partial charge in [0.05, 0.1) is 13.5 Å². The largest absolute Gasteiger partial charge is 0.496 e. The lowest BCUT2D eigenvalue weighted by atomic mass is 9.89. The summed E-state index contributed by atoms with van der Waals surface area (Å²) in [6.45, 7) is 4.21. The number of benzene rings is 1. The summed E-state index contributed by atoms with van der Waals surface area (Å²) < 4.78 is 5.34. The van der Waals surface area contributed by atoms with E-state index in [2.05, 4.69) is 30.1 Å². The maximum atomic E-state index is 11.2. The van der Waals surface area contributed by atoms with Crippen molar-refractivity contribution in [1.82, 2.24) is 0 Å². The van der Waals surface area contributed by atoms with Gasteiger partial charge in [-0.05, 0) is 42.0 Å². The molecular formula is C15H18N2O2. The highest BCUT2D eigenvalue weighted by Gasteiger charge is 2.16. The van der Waals surface area contributed by atoms with E-state index in [-0.39, 0.29) is 5.91 Å². The van der Waals surface area contributed by atoms with Gasteiger partial charge in [-0.1, -0.05) is 19.1 Å². The standard InChI is InChI=1S/C15H18N2O2/c1-10(7-12-8-15(18)17-16-9-12)13-5-4-6-14(19-3)11(13)2/h4-6,9-10H,7-8H2,1-3H3. The third kappa shape index (κ3) is 3.08. The van der Waals surface area contributed by atoms with Crippen molar-refractivity contribution in [2.24, 2.45) is 10.2 Å². The van der Waals surface area contributed by atoms with Crippen molar-refractivity contribution in [3.05, 3.63) is 41.1 Å². The van der Waals surface area contributed by atoms with Crippen LogP contribution in [0.2, 0.25) is 0 Å². The van der Waals surface area contributed by atoms with E-state index in [1.165, 1.54) is 5.56 Å². The number of nitrogens with zero attached hydrogens (tertiary/aromatic N) is 2. The smallest absolute Gasteiger partial charge is 0.268 e. The van der Waals surface area contributed by atoms with Crippen LogP contribution >= 0.6 is 0 Å². The van der Waals surface area contributed by atoms with E-state index in [0.29, 0.717) is 12.3 Å². The number of amides is 1. The number of rotatable bonds is 4. The molecule has 1 amide bonds. The number of methoxy groups -OCH3 is 1. The maximum absolute atomic E-state index is 11.2. The average molecular weight is 258 g/mol. The van der Waals surface area contributed by atoms with Crippen LogP contribution in [0, 0.1) is 6.92 Å². The van der Waals surface area contributed by atoms with Gasteiger partial charge >= 0.3 is 0 Å². The van der Waals surface area contributed by atoms with Crippen LogP contribution < -0.4 is 4.74 Å². The van der Waals surface area contributed by atoms with Crippen LogP contribution in [0.3, 0.4) is 0 Å². The normalized spacial score (nSPS) is 16.2. The van der Waals surface area contributed by atoms with Crippen LogP contribution in [-0.4, -0.2) is 13.0 Å². The summed E-state index contributed by atoms with van der Waals surface area (Å²) in [5, 5.41) is 7.23. The average Bonchev–Trinajstić information content (AvgIpc) is 2.39. The molecule has 4 nitrogen and oxygen atoms in total. The van der Waals surface area contributed by atoms with Crippen molar-refractivity contribution in [2.75, 3.05) is 7.11 Å². The molecule has 19 heavy (non-hydrogen) atoms. The Hall–Kier alpha value is -1.97. The number of azo groups is 1. The highest BCUT2D eigenvalue weighted by atomic mass is 16.5. The van der Waals surface area contributed by atoms with Crippen LogP contribution in [0.25, 0.3) is 0 Å². The van der Waals surface area contributed by atoms with E-state index in [1.807, 2.05) is 12.1 Å². The predicted octanol–water partition coefficient (Wildman–Crippen LogP) is 3.76. The van der Waals surface area contributed by atoms with Crippen molar-refractivity contribution in [3.63, 3.8) is 0 Å². The molecule has 0 N–H and O–H groups in total. The molecular weight excluding hydrogens is 240 g/mol. The number of carbonyl (C=O) groups is 1. The van der Waals surface area contributed by atoms with Gasteiger partial charge in [0.25, 0.3) is 5.91 Å². The SMILES string of the molecule is COc1cccc(C(C)CC2=CN=NC(=O)C2)c1C. The molecule has 1 heterocycles. The number of carbonyl (C=O) groups excluding carboxylic acids is 1. The van der Waals surface area contributed by atoms with Gasteiger partial charge in [-0.3, -0.25) is 4.79 Å². The summed E-state index contributed by atoms with van der Waals surface area (Å²) in [5.74, 6) is 1.06. The molecule has 0 bridgehead atoms. The van der Waals surface area contributed by atoms with Gasteiger partial charge in [-0.25, -0.2) is 0 Å². The molecule has 1 unspecified atom stereocenters. The summed E-state index contributed by atoms with van der Waals surface area (Å²) in [4.78, 5) is 11.2. The van der Waals surface area contributed by atoms with Crippen molar-refractivity contribution < 1.29 is 9.53 Å². The minimum Gasteiger partial charge on any atom is -0.496 e. The zero-order valence-electron chi connectivity index (χ0n) is 11.5. The Morgan fingerprint density at radius 3 is 2.89 bits per heavy atom. The zero-order chi connectivity index (χ0) is 13.8. The summed E-state index contributed by atoms with van der Waals surface area (Å²) in [6.07, 6.45) is 2.91. The summed E-state index contributed by atoms with van der Waals surface area (Å²) in [5.41, 5.74) is 3.44. The first kappa shape index (κ1) is 13.5. The summed E-state index contributed by atoms with van der Waals surface area (Å²) >= 11 is 0. The summed E-state index contributed by atoms with van der Waals surface area (Å²) in [6, 6.07) is 6.07. The van der Waals surface area contributed by atoms with Gasteiger partial charge in [0.15, 0.2) is 0 Å². The number of hydrogen-bond donors (Lipinski definition) is 0. The molecule has 0 saturated carbocycles. The fourth-order valence-electron chi connectivity index (χ4n) is 2.46. The third-order valence-corrected chi connectivity index (χ3v) is 3.43. The van der Waals surface area contributed by atoms with Gasteiger partial charge in [-0.2, -0.15) is 5.11 Å². The molecule has 1 aromatic rings. The van der Waals surface area contributed by atoms with E-state index in [0.717, 1.165) is 23.3 Å². The van der Waals surface area contributed by atoms with Gasteiger partial charge in [0.1, 0.15) is 5.75 Å². The van der Waals surface area contributed by atoms with Crippen LogP contribution in [0.4, 0.5) is 0 Å². The highest BCUT2D eigenvalue weighted by molar-refractivity contribution is 5.79. The Morgan fingerprint density at radius 1 is 1.42 bits per heavy atom. The number of hydrogen-bond acceptors (Lipinski definition) is 3. The lowest BCUT2D eigenvalue weighted by molar-refractivity contribution is -0.117. The molecule has 2 rings (SSSR count). The molecule has 0 fully saturated rings. The molecule has 1 aliphatic rings. The third-order valence-electron chi connectivity index (χ3n) is 3.43. The molecule has 1 aromatic carbocycles. The first-order chi connectivity index (χ1) is 9.11. The molecule has 0 radical (unpaired) electrons. The van der Waals surface area contributed by atoms with E-state index in [1.54, 1.807) is 13.3 Å². The zero-order valence-corrected chi connectivity index (χ0v) is 11.5. The Kier molecular flexibility index (Phi) is 4.10. The molecule has 4 heteroatoms. The van der Waals surface area contributed by atoms with Gasteiger partial charge in [0, 0.05) is 6.20 Å². The first-order valence-corrected chi connectivity index (χ1v) is 6.37. The quantitative estimate of drug-likeness (QED) is 0.825. The fourth-order valence-corrected chi connectivity index (χ4v) is 2.46. The van der Waals surface area contributed by atoms with Crippen LogP contribution in [-0.2, 0) is 4.79 Å². The number of ether oxygens (including phenoxy) is 1. The van der Waals surface area contributed by atoms with Gasteiger partial charge in [-0.15, -0.1) is 5.11 Å². The lowest BCUT2D eigenvalue weighted by Gasteiger charge is -2.18. The topological polar surface area (TPSA) is 51.0 Å². The second kappa shape index (κ2) is 5.78. The van der Waals surface area contributed by atoms with Crippen LogP contribution in [0.5, 0.6) is 5.75 Å². The Balaban J connectivity index is 2.16. The molecule has 0 aromatic heterocycles. The summed E-state index contributed by atoms with van der Waals surface area (Å²) in [7, 11) is 1.68. The van der Waals surface area contributed by atoms with E-state index >= 15 is 0 Å². The Bertz CT molecular complexity index is 547. The molecule has 1 atom stereocenters. The van der Waals surface area contributed by atoms with Crippen molar-refractivity contribution in [2.45, 2.75) is 32.6 Å². The predicted molar refractivity (Wildman–Crippen MR) is 73.3 cm³/mol. The van der Waals surface area contributed by atoms with Crippen molar-refractivity contribution in [1.29, 1.82) is 0 Å². The fraction of sp³-hybridized carbons (Fsp3) is 0.400. The minimum atomic E-state index is -0.160. The van der Waals surface area contributed by atoms with E-state index in [4.69, 9.17) is 4.74 Å². The van der Waals surface area contributed by atoms with Crippen molar-refractivity contribution >= 4 is 5.91 Å². The molecule has 1 aliphatic heterocycles. The van der Waals surface area contributed by atoms with Gasteiger partial charge < -0.3 is 4.74 Å². The first-order valence-electron chi connectivity index (χ1n) is 6.37. The minimum absolute atomic E-state index is 0.160. The lowest BCUT2D eigenvalue weighted by Crippen LogP contribution is -2.04. The van der Waals surface area contributed by atoms with E-state index in [9.17, 15) is 4.79 Å². The second-order valence-corrected chi connectivity index (χ2v) is 4.85. The maximum Gasteiger partial charge on any atom is 0.268 e. The molecule has 0 saturated heterocycles. The monoisotopic (exact) mass is 258 g/mol. The Morgan fingerprint density at radius 2 is 2.21 bits per heavy atom. The van der Waals surface area contributed by atoms with Crippen molar-refractivity contribution in [3.8, 4) is 5.75 Å². The van der Waals surface area contributed by atoms with E-state index < -0.39 is 0 Å². The molecule has 0 aliphatic carbocycles. The second-order valence-electron chi connectivity index (χ2n) is 4.85. The van der Waals surface area contributed by atoms with Gasteiger partial charge in [0.2, 0.25) is 0 Å². The van der Waals surface area contributed by atoms with Crippen LogP contribution in [0.15, 0.2) is 40.2 Å². The molecule has 100 valence electrons. The Labute approximate surface area is 113 Å². The molecule has 0 spiro atoms.